The highest BCUT2D eigenvalue weighted by Gasteiger charge is 2.04. The van der Waals surface area contributed by atoms with E-state index in [0.29, 0.717) is 10.9 Å². The van der Waals surface area contributed by atoms with Crippen LogP contribution >= 0.6 is 11.6 Å². The highest BCUT2D eigenvalue weighted by molar-refractivity contribution is 6.30. The van der Waals surface area contributed by atoms with E-state index in [2.05, 4.69) is 13.8 Å². The number of ether oxygens (including phenoxy) is 1. The first kappa shape index (κ1) is 12.1. The predicted octanol–water partition coefficient (Wildman–Crippen LogP) is 3.53. The van der Waals surface area contributed by atoms with Crippen molar-refractivity contribution in [1.29, 1.82) is 0 Å². The van der Waals surface area contributed by atoms with Gasteiger partial charge in [-0.1, -0.05) is 31.5 Å². The van der Waals surface area contributed by atoms with Crippen molar-refractivity contribution in [2.24, 2.45) is 0 Å². The molecule has 0 unspecified atom stereocenters. The Kier molecular flexibility index (Phi) is 4.15. The van der Waals surface area contributed by atoms with Gasteiger partial charge in [0.2, 0.25) is 0 Å². The fourth-order valence-electron chi connectivity index (χ4n) is 1.28. The van der Waals surface area contributed by atoms with Gasteiger partial charge in [-0.3, -0.25) is 4.79 Å². The van der Waals surface area contributed by atoms with Crippen LogP contribution in [-0.4, -0.2) is 5.97 Å². The Morgan fingerprint density at radius 2 is 2.07 bits per heavy atom. The van der Waals surface area contributed by atoms with E-state index in [1.54, 1.807) is 0 Å². The first-order valence-corrected chi connectivity index (χ1v) is 5.29. The van der Waals surface area contributed by atoms with Gasteiger partial charge >= 0.3 is 5.97 Å². The molecule has 0 spiro atoms. The average Bonchev–Trinajstić information content (AvgIpc) is 2.13. The zero-order valence-electron chi connectivity index (χ0n) is 9.21. The second kappa shape index (κ2) is 5.17. The third-order valence-electron chi connectivity index (χ3n) is 2.09. The van der Waals surface area contributed by atoms with E-state index in [9.17, 15) is 4.79 Å². The molecule has 82 valence electrons. The summed E-state index contributed by atoms with van der Waals surface area (Å²) in [5.41, 5.74) is 2.09. The maximum absolute atomic E-state index is 10.7. The lowest BCUT2D eigenvalue weighted by atomic mass is 10.0. The zero-order chi connectivity index (χ0) is 11.4. The van der Waals surface area contributed by atoms with E-state index < -0.39 is 0 Å². The fraction of sp³-hybridized carbons (Fsp3) is 0.417. The lowest BCUT2D eigenvalue weighted by Crippen LogP contribution is -2.00. The number of esters is 1. The van der Waals surface area contributed by atoms with E-state index in [1.807, 2.05) is 18.2 Å². The van der Waals surface area contributed by atoms with Crippen LogP contribution < -0.4 is 0 Å². The average molecular weight is 227 g/mol. The van der Waals surface area contributed by atoms with Gasteiger partial charge in [-0.05, 0) is 29.2 Å². The van der Waals surface area contributed by atoms with Crippen LogP contribution in [0.4, 0.5) is 0 Å². The maximum atomic E-state index is 10.7. The van der Waals surface area contributed by atoms with Crippen LogP contribution in [0.3, 0.4) is 0 Å². The number of hydrogen-bond donors (Lipinski definition) is 0. The van der Waals surface area contributed by atoms with Crippen LogP contribution in [0.1, 0.15) is 37.8 Å². The minimum Gasteiger partial charge on any atom is -0.461 e. The molecule has 1 rings (SSSR count). The predicted molar refractivity (Wildman–Crippen MR) is 61.0 cm³/mol. The van der Waals surface area contributed by atoms with Crippen molar-refractivity contribution in [2.75, 3.05) is 0 Å². The molecule has 0 aliphatic rings. The van der Waals surface area contributed by atoms with Gasteiger partial charge in [-0.2, -0.15) is 0 Å². The lowest BCUT2D eigenvalue weighted by Gasteiger charge is -2.09. The Morgan fingerprint density at radius 3 is 2.60 bits per heavy atom. The Bertz CT molecular complexity index is 359. The summed E-state index contributed by atoms with van der Waals surface area (Å²) >= 11 is 5.97. The molecule has 0 aromatic heterocycles. The monoisotopic (exact) mass is 226 g/mol. The molecule has 0 amide bonds. The minimum atomic E-state index is -0.277. The molecule has 0 radical (unpaired) electrons. The Labute approximate surface area is 95.2 Å². The smallest absolute Gasteiger partial charge is 0.302 e. The molecule has 0 saturated carbocycles. The van der Waals surface area contributed by atoms with Crippen molar-refractivity contribution in [3.05, 3.63) is 34.3 Å². The van der Waals surface area contributed by atoms with Crippen molar-refractivity contribution in [3.63, 3.8) is 0 Å². The molecular weight excluding hydrogens is 212 g/mol. The molecule has 2 nitrogen and oxygen atoms in total. The molecular formula is C12H15ClO2. The lowest BCUT2D eigenvalue weighted by molar-refractivity contribution is -0.142. The number of carbonyl (C=O) groups is 1. The van der Waals surface area contributed by atoms with Gasteiger partial charge in [0.05, 0.1) is 0 Å². The topological polar surface area (TPSA) is 26.3 Å². The molecule has 0 bridgehead atoms. The second-order valence-corrected chi connectivity index (χ2v) is 4.26. The number of hydrogen-bond acceptors (Lipinski definition) is 2. The van der Waals surface area contributed by atoms with Crippen LogP contribution in [0.25, 0.3) is 0 Å². The Hall–Kier alpha value is -1.02. The summed E-state index contributed by atoms with van der Waals surface area (Å²) in [6.07, 6.45) is 0. The summed E-state index contributed by atoms with van der Waals surface area (Å²) in [6.45, 7) is 5.88. The first-order valence-electron chi connectivity index (χ1n) is 4.91. The van der Waals surface area contributed by atoms with Crippen molar-refractivity contribution < 1.29 is 9.53 Å². The van der Waals surface area contributed by atoms with Crippen molar-refractivity contribution in [3.8, 4) is 0 Å². The summed E-state index contributed by atoms with van der Waals surface area (Å²) in [6, 6.07) is 5.76. The fourth-order valence-corrected chi connectivity index (χ4v) is 1.54. The summed E-state index contributed by atoms with van der Waals surface area (Å²) < 4.78 is 4.92. The molecule has 0 atom stereocenters. The zero-order valence-corrected chi connectivity index (χ0v) is 9.97. The third kappa shape index (κ3) is 3.92. The van der Waals surface area contributed by atoms with Gasteiger partial charge in [-0.25, -0.2) is 0 Å². The van der Waals surface area contributed by atoms with Gasteiger partial charge in [0.25, 0.3) is 0 Å². The highest BCUT2D eigenvalue weighted by atomic mass is 35.5. The SMILES string of the molecule is CC(=O)OCc1cc(Cl)cc(C(C)C)c1. The van der Waals surface area contributed by atoms with E-state index in [1.165, 1.54) is 6.92 Å². The minimum absolute atomic E-state index is 0.277. The van der Waals surface area contributed by atoms with Gasteiger partial charge in [0, 0.05) is 11.9 Å². The molecule has 15 heavy (non-hydrogen) atoms. The second-order valence-electron chi connectivity index (χ2n) is 3.83. The van der Waals surface area contributed by atoms with Crippen LogP contribution in [0, 0.1) is 0 Å². The molecule has 0 saturated heterocycles. The number of benzene rings is 1. The summed E-state index contributed by atoms with van der Waals surface area (Å²) in [5, 5.41) is 0.684. The molecule has 3 heteroatoms. The van der Waals surface area contributed by atoms with Crippen molar-refractivity contribution >= 4 is 17.6 Å². The van der Waals surface area contributed by atoms with Crippen LogP contribution in [0.15, 0.2) is 18.2 Å². The van der Waals surface area contributed by atoms with E-state index in [4.69, 9.17) is 16.3 Å². The van der Waals surface area contributed by atoms with Crippen molar-refractivity contribution in [1.82, 2.24) is 0 Å². The van der Waals surface area contributed by atoms with E-state index in [-0.39, 0.29) is 12.6 Å². The van der Waals surface area contributed by atoms with Crippen LogP contribution in [-0.2, 0) is 16.1 Å². The van der Waals surface area contributed by atoms with E-state index in [0.717, 1.165) is 11.1 Å². The van der Waals surface area contributed by atoms with Gasteiger partial charge in [0.1, 0.15) is 6.61 Å². The number of halogens is 1. The molecule has 0 N–H and O–H groups in total. The Morgan fingerprint density at radius 1 is 1.40 bits per heavy atom. The van der Waals surface area contributed by atoms with Gasteiger partial charge in [-0.15, -0.1) is 0 Å². The molecule has 0 aliphatic carbocycles. The van der Waals surface area contributed by atoms with E-state index >= 15 is 0 Å². The molecule has 1 aromatic carbocycles. The summed E-state index contributed by atoms with van der Waals surface area (Å²) in [4.78, 5) is 10.7. The van der Waals surface area contributed by atoms with Crippen molar-refractivity contribution in [2.45, 2.75) is 33.3 Å². The summed E-state index contributed by atoms with van der Waals surface area (Å²) in [7, 11) is 0. The van der Waals surface area contributed by atoms with Crippen LogP contribution in [0.5, 0.6) is 0 Å². The maximum Gasteiger partial charge on any atom is 0.302 e. The molecule has 0 aliphatic heterocycles. The first-order chi connectivity index (χ1) is 6.99. The van der Waals surface area contributed by atoms with Gasteiger partial charge < -0.3 is 4.74 Å². The molecule has 0 fully saturated rings. The number of rotatable bonds is 3. The largest absolute Gasteiger partial charge is 0.461 e. The van der Waals surface area contributed by atoms with Crippen LogP contribution in [0.2, 0.25) is 5.02 Å². The summed E-state index contributed by atoms with van der Waals surface area (Å²) in [5.74, 6) is 0.140. The molecule has 1 aromatic rings. The third-order valence-corrected chi connectivity index (χ3v) is 2.31. The standard InChI is InChI=1S/C12H15ClO2/c1-8(2)11-4-10(5-12(13)6-11)7-15-9(3)14/h4-6,8H,7H2,1-3H3. The quantitative estimate of drug-likeness (QED) is 0.737. The number of carbonyl (C=O) groups excluding carboxylic acids is 1. The Balaban J connectivity index is 2.84. The van der Waals surface area contributed by atoms with Gasteiger partial charge in [0.15, 0.2) is 0 Å². The highest BCUT2D eigenvalue weighted by Crippen LogP contribution is 2.21. The molecule has 0 heterocycles. The normalized spacial score (nSPS) is 10.5.